The smallest absolute Gasteiger partial charge is 0.357 e. The topological polar surface area (TPSA) is 52.1 Å². The van der Waals surface area contributed by atoms with E-state index in [9.17, 15) is 4.79 Å². The molecule has 26 heavy (non-hydrogen) atoms. The maximum Gasteiger partial charge on any atom is 0.357 e. The fraction of sp³-hybridized carbons (Fsp3) is 0.227. The minimum atomic E-state index is -0.377. The van der Waals surface area contributed by atoms with E-state index in [-0.39, 0.29) is 5.97 Å². The number of carbonyl (C=O) groups is 1. The lowest BCUT2D eigenvalue weighted by molar-refractivity contribution is 0.0520. The lowest BCUT2D eigenvalue weighted by atomic mass is 9.93. The summed E-state index contributed by atoms with van der Waals surface area (Å²) in [4.78, 5) is 22.0. The normalized spacial score (nSPS) is 12.7. The number of ether oxygens (including phenoxy) is 1. The Balaban J connectivity index is 2.00. The molecule has 0 N–H and O–H groups in total. The molecule has 2 heterocycles. The van der Waals surface area contributed by atoms with Crippen LogP contribution in [-0.4, -0.2) is 22.5 Å². The van der Waals surface area contributed by atoms with Gasteiger partial charge in [0.1, 0.15) is 0 Å². The van der Waals surface area contributed by atoms with Crippen molar-refractivity contribution in [3.05, 3.63) is 71.5 Å². The number of fused-ring (bicyclic) bond motifs is 1. The zero-order chi connectivity index (χ0) is 17.9. The third kappa shape index (κ3) is 2.88. The van der Waals surface area contributed by atoms with E-state index in [0.29, 0.717) is 12.3 Å². The lowest BCUT2D eigenvalue weighted by Gasteiger charge is -2.17. The molecule has 0 unspecified atom stereocenters. The van der Waals surface area contributed by atoms with Crippen LogP contribution in [0.15, 0.2) is 54.7 Å². The number of hydrogen-bond donors (Lipinski definition) is 0. The van der Waals surface area contributed by atoms with Gasteiger partial charge in [0, 0.05) is 11.8 Å². The summed E-state index contributed by atoms with van der Waals surface area (Å²) in [5.74, 6) is -0.377. The number of nitrogens with zero attached hydrogens (tertiary/aromatic N) is 2. The number of esters is 1. The second-order valence-corrected chi connectivity index (χ2v) is 6.30. The Morgan fingerprint density at radius 3 is 2.54 bits per heavy atom. The first-order valence-electron chi connectivity index (χ1n) is 8.99. The molecule has 1 aliphatic carbocycles. The van der Waals surface area contributed by atoms with E-state index in [1.807, 2.05) is 55.5 Å². The molecule has 1 aliphatic rings. The van der Waals surface area contributed by atoms with Gasteiger partial charge in [-0.1, -0.05) is 36.4 Å². The molecule has 0 fully saturated rings. The Morgan fingerprint density at radius 2 is 1.81 bits per heavy atom. The zero-order valence-corrected chi connectivity index (χ0v) is 14.7. The first-order valence-corrected chi connectivity index (χ1v) is 8.99. The van der Waals surface area contributed by atoms with Crippen LogP contribution in [0, 0.1) is 0 Å². The molecule has 4 heteroatoms. The number of rotatable bonds is 4. The highest BCUT2D eigenvalue weighted by atomic mass is 16.5. The maximum atomic E-state index is 12.7. The van der Waals surface area contributed by atoms with E-state index in [4.69, 9.17) is 9.72 Å². The van der Waals surface area contributed by atoms with Gasteiger partial charge in [-0.3, -0.25) is 4.98 Å². The summed E-state index contributed by atoms with van der Waals surface area (Å²) in [5.41, 5.74) is 6.33. The third-order valence-electron chi connectivity index (χ3n) is 4.70. The van der Waals surface area contributed by atoms with Gasteiger partial charge in [0.2, 0.25) is 0 Å². The van der Waals surface area contributed by atoms with Crippen LogP contribution in [0.3, 0.4) is 0 Å². The van der Waals surface area contributed by atoms with Crippen LogP contribution in [0.1, 0.15) is 35.0 Å². The van der Waals surface area contributed by atoms with Crippen molar-refractivity contribution >= 4 is 5.97 Å². The molecule has 4 nitrogen and oxygen atoms in total. The van der Waals surface area contributed by atoms with Crippen molar-refractivity contribution in [3.8, 4) is 22.5 Å². The monoisotopic (exact) mass is 344 g/mol. The average molecular weight is 344 g/mol. The van der Waals surface area contributed by atoms with Gasteiger partial charge < -0.3 is 4.74 Å². The van der Waals surface area contributed by atoms with E-state index in [1.165, 1.54) is 11.1 Å². The molecule has 0 atom stereocenters. The van der Waals surface area contributed by atoms with Crippen LogP contribution in [0.5, 0.6) is 0 Å². The Bertz CT molecular complexity index is 937. The highest BCUT2D eigenvalue weighted by Crippen LogP contribution is 2.39. The van der Waals surface area contributed by atoms with Gasteiger partial charge in [0.05, 0.1) is 18.0 Å². The van der Waals surface area contributed by atoms with Crippen molar-refractivity contribution in [2.45, 2.75) is 26.2 Å². The molecule has 0 bridgehead atoms. The summed E-state index contributed by atoms with van der Waals surface area (Å²) in [6.45, 7) is 2.14. The highest BCUT2D eigenvalue weighted by molar-refractivity contribution is 5.98. The molecule has 1 aromatic carbocycles. The Labute approximate surface area is 152 Å². The van der Waals surface area contributed by atoms with Gasteiger partial charge in [-0.05, 0) is 55.0 Å². The molecular formula is C22H20N2O2. The second-order valence-electron chi connectivity index (χ2n) is 6.30. The zero-order valence-electron chi connectivity index (χ0n) is 14.7. The predicted octanol–water partition coefficient (Wildman–Crippen LogP) is 4.48. The fourth-order valence-corrected chi connectivity index (χ4v) is 3.64. The van der Waals surface area contributed by atoms with E-state index in [1.54, 1.807) is 6.20 Å². The van der Waals surface area contributed by atoms with Crippen molar-refractivity contribution < 1.29 is 9.53 Å². The number of pyridine rings is 2. The summed E-state index contributed by atoms with van der Waals surface area (Å²) in [6, 6.07) is 15.8. The molecule has 0 aliphatic heterocycles. The van der Waals surface area contributed by atoms with E-state index in [0.717, 1.165) is 41.8 Å². The van der Waals surface area contributed by atoms with Crippen molar-refractivity contribution in [2.75, 3.05) is 6.61 Å². The standard InChI is InChI=1S/C22H20N2O2/c1-2-26-22(25)21-19(15-9-4-3-5-10-15)16-11-8-12-17(16)20(24-21)18-13-6-7-14-23-18/h3-7,9-10,13-14H,2,8,11-12H2,1H3. The van der Waals surface area contributed by atoms with Crippen LogP contribution in [0.25, 0.3) is 22.5 Å². The number of carbonyl (C=O) groups excluding carboxylic acids is 1. The molecule has 0 amide bonds. The first kappa shape index (κ1) is 16.5. The summed E-state index contributed by atoms with van der Waals surface area (Å²) < 4.78 is 5.32. The number of hydrogen-bond acceptors (Lipinski definition) is 4. The largest absolute Gasteiger partial charge is 0.461 e. The van der Waals surface area contributed by atoms with Gasteiger partial charge in [0.25, 0.3) is 0 Å². The van der Waals surface area contributed by atoms with E-state index >= 15 is 0 Å². The van der Waals surface area contributed by atoms with Crippen LogP contribution < -0.4 is 0 Å². The minimum Gasteiger partial charge on any atom is -0.461 e. The van der Waals surface area contributed by atoms with Gasteiger partial charge >= 0.3 is 5.97 Å². The van der Waals surface area contributed by atoms with Crippen LogP contribution in [0.2, 0.25) is 0 Å². The third-order valence-corrected chi connectivity index (χ3v) is 4.70. The molecule has 3 aromatic rings. The summed E-state index contributed by atoms with van der Waals surface area (Å²) >= 11 is 0. The van der Waals surface area contributed by atoms with Crippen molar-refractivity contribution in [3.63, 3.8) is 0 Å². The molecular weight excluding hydrogens is 324 g/mol. The summed E-state index contributed by atoms with van der Waals surface area (Å²) in [5, 5.41) is 0. The van der Waals surface area contributed by atoms with Gasteiger partial charge in [0.15, 0.2) is 5.69 Å². The Morgan fingerprint density at radius 1 is 1.04 bits per heavy atom. The van der Waals surface area contributed by atoms with Crippen molar-refractivity contribution in [1.82, 2.24) is 9.97 Å². The first-order chi connectivity index (χ1) is 12.8. The molecule has 0 radical (unpaired) electrons. The minimum absolute atomic E-state index is 0.324. The fourth-order valence-electron chi connectivity index (χ4n) is 3.64. The molecule has 2 aromatic heterocycles. The number of aromatic nitrogens is 2. The molecule has 4 rings (SSSR count). The molecule has 0 spiro atoms. The van der Waals surface area contributed by atoms with Crippen LogP contribution in [-0.2, 0) is 17.6 Å². The van der Waals surface area contributed by atoms with Crippen molar-refractivity contribution in [1.29, 1.82) is 0 Å². The summed E-state index contributed by atoms with van der Waals surface area (Å²) in [7, 11) is 0. The van der Waals surface area contributed by atoms with Crippen molar-refractivity contribution in [2.24, 2.45) is 0 Å². The SMILES string of the molecule is CCOC(=O)c1nc(-c2ccccn2)c2c(c1-c1ccccc1)CCC2. The molecule has 0 saturated heterocycles. The Hall–Kier alpha value is -3.01. The highest BCUT2D eigenvalue weighted by Gasteiger charge is 2.28. The van der Waals surface area contributed by atoms with Gasteiger partial charge in [-0.25, -0.2) is 9.78 Å². The Kier molecular flexibility index (Phi) is 4.48. The predicted molar refractivity (Wildman–Crippen MR) is 101 cm³/mol. The van der Waals surface area contributed by atoms with Gasteiger partial charge in [-0.15, -0.1) is 0 Å². The van der Waals surface area contributed by atoms with E-state index in [2.05, 4.69) is 4.98 Å². The molecule has 130 valence electrons. The van der Waals surface area contributed by atoms with Gasteiger partial charge in [-0.2, -0.15) is 0 Å². The van der Waals surface area contributed by atoms with E-state index < -0.39 is 0 Å². The lowest BCUT2D eigenvalue weighted by Crippen LogP contribution is -2.13. The second kappa shape index (κ2) is 7.08. The summed E-state index contributed by atoms with van der Waals surface area (Å²) in [6.07, 6.45) is 4.71. The quantitative estimate of drug-likeness (QED) is 0.655. The number of benzene rings is 1. The average Bonchev–Trinajstić information content (AvgIpc) is 3.18. The van der Waals surface area contributed by atoms with Crippen LogP contribution >= 0.6 is 0 Å². The molecule has 0 saturated carbocycles. The van der Waals surface area contributed by atoms with Crippen LogP contribution in [0.4, 0.5) is 0 Å². The maximum absolute atomic E-state index is 12.7.